The summed E-state index contributed by atoms with van der Waals surface area (Å²) in [6.07, 6.45) is 0. The molecule has 0 fully saturated rings. The topological polar surface area (TPSA) is 80.9 Å². The standard InChI is InChI=1S/C11H7ClN4OS2/c12-5-1-2-7-9(14-4-19-7)8(5)16-10(17)6-3-18-11(13)15-6/h1-4H,(H2,13,15)(H,16,17). The highest BCUT2D eigenvalue weighted by Crippen LogP contribution is 2.32. The number of aromatic nitrogens is 2. The lowest BCUT2D eigenvalue weighted by Crippen LogP contribution is -2.13. The van der Waals surface area contributed by atoms with Crippen molar-refractivity contribution in [1.29, 1.82) is 0 Å². The maximum atomic E-state index is 12.0. The monoisotopic (exact) mass is 310 g/mol. The SMILES string of the molecule is Nc1nc(C(=O)Nc2c(Cl)ccc3scnc23)cs1. The summed E-state index contributed by atoms with van der Waals surface area (Å²) in [4.78, 5) is 20.2. The number of halogens is 1. The number of amides is 1. The van der Waals surface area contributed by atoms with Crippen molar-refractivity contribution in [1.82, 2.24) is 9.97 Å². The molecule has 0 bridgehead atoms. The number of carbonyl (C=O) groups excluding carboxylic acids is 1. The molecule has 2 aromatic heterocycles. The minimum atomic E-state index is -0.352. The first kappa shape index (κ1) is 12.3. The third kappa shape index (κ3) is 2.27. The van der Waals surface area contributed by atoms with E-state index in [1.807, 2.05) is 6.07 Å². The molecule has 1 amide bonds. The molecular weight excluding hydrogens is 304 g/mol. The lowest BCUT2D eigenvalue weighted by molar-refractivity contribution is 0.102. The van der Waals surface area contributed by atoms with Gasteiger partial charge in [0.25, 0.3) is 5.91 Å². The third-order valence-corrected chi connectivity index (χ3v) is 4.23. The average Bonchev–Trinajstić information content (AvgIpc) is 3.01. The fraction of sp³-hybridized carbons (Fsp3) is 0. The molecule has 19 heavy (non-hydrogen) atoms. The second-order valence-corrected chi connectivity index (χ2v) is 5.83. The Kier molecular flexibility index (Phi) is 3.09. The van der Waals surface area contributed by atoms with Gasteiger partial charge in [0.15, 0.2) is 5.13 Å². The van der Waals surface area contributed by atoms with Crippen LogP contribution in [-0.4, -0.2) is 15.9 Å². The van der Waals surface area contributed by atoms with Gasteiger partial charge in [-0.3, -0.25) is 4.79 Å². The van der Waals surface area contributed by atoms with Crippen LogP contribution in [0.4, 0.5) is 10.8 Å². The molecule has 1 aromatic carbocycles. The van der Waals surface area contributed by atoms with Crippen LogP contribution < -0.4 is 11.1 Å². The first-order chi connectivity index (χ1) is 9.15. The number of hydrogen-bond donors (Lipinski definition) is 2. The van der Waals surface area contributed by atoms with Gasteiger partial charge in [0, 0.05) is 5.38 Å². The molecule has 0 spiro atoms. The van der Waals surface area contributed by atoms with Gasteiger partial charge in [-0.05, 0) is 12.1 Å². The number of nitrogen functional groups attached to an aromatic ring is 1. The Morgan fingerprint density at radius 3 is 2.95 bits per heavy atom. The molecule has 0 aliphatic rings. The zero-order chi connectivity index (χ0) is 13.4. The molecule has 0 radical (unpaired) electrons. The highest BCUT2D eigenvalue weighted by molar-refractivity contribution is 7.16. The Morgan fingerprint density at radius 1 is 1.37 bits per heavy atom. The summed E-state index contributed by atoms with van der Waals surface area (Å²) in [5, 5.41) is 5.12. The van der Waals surface area contributed by atoms with Crippen LogP contribution in [0.15, 0.2) is 23.0 Å². The van der Waals surface area contributed by atoms with Gasteiger partial charge < -0.3 is 11.1 Å². The fourth-order valence-corrected chi connectivity index (χ4v) is 3.02. The van der Waals surface area contributed by atoms with Gasteiger partial charge >= 0.3 is 0 Å². The predicted molar refractivity (Wildman–Crippen MR) is 79.1 cm³/mol. The molecule has 2 heterocycles. The zero-order valence-corrected chi connectivity index (χ0v) is 11.8. The van der Waals surface area contributed by atoms with Crippen LogP contribution in [0, 0.1) is 0 Å². The molecule has 0 saturated heterocycles. The van der Waals surface area contributed by atoms with Crippen molar-refractivity contribution in [3.8, 4) is 0 Å². The number of rotatable bonds is 2. The summed E-state index contributed by atoms with van der Waals surface area (Å²) >= 11 is 8.80. The first-order valence-electron chi connectivity index (χ1n) is 5.19. The maximum absolute atomic E-state index is 12.0. The van der Waals surface area contributed by atoms with Crippen molar-refractivity contribution in [2.45, 2.75) is 0 Å². The number of carbonyl (C=O) groups is 1. The lowest BCUT2D eigenvalue weighted by Gasteiger charge is -2.06. The molecule has 0 atom stereocenters. The number of hydrogen-bond acceptors (Lipinski definition) is 6. The molecule has 0 aliphatic carbocycles. The Bertz CT molecular complexity index is 767. The van der Waals surface area contributed by atoms with Crippen molar-refractivity contribution in [2.75, 3.05) is 11.1 Å². The van der Waals surface area contributed by atoms with Gasteiger partial charge in [0.2, 0.25) is 0 Å². The zero-order valence-electron chi connectivity index (χ0n) is 9.38. The molecule has 8 heteroatoms. The van der Waals surface area contributed by atoms with E-state index in [1.165, 1.54) is 22.7 Å². The van der Waals surface area contributed by atoms with E-state index in [9.17, 15) is 4.79 Å². The van der Waals surface area contributed by atoms with Gasteiger partial charge in [0.05, 0.1) is 20.9 Å². The Labute approximate surface area is 121 Å². The van der Waals surface area contributed by atoms with E-state index in [2.05, 4.69) is 15.3 Å². The molecule has 0 saturated carbocycles. The maximum Gasteiger partial charge on any atom is 0.275 e. The lowest BCUT2D eigenvalue weighted by atomic mass is 10.2. The van der Waals surface area contributed by atoms with Crippen LogP contribution in [0.25, 0.3) is 10.2 Å². The van der Waals surface area contributed by atoms with E-state index < -0.39 is 0 Å². The number of nitrogens with one attached hydrogen (secondary N) is 1. The van der Waals surface area contributed by atoms with E-state index in [4.69, 9.17) is 17.3 Å². The summed E-state index contributed by atoms with van der Waals surface area (Å²) in [7, 11) is 0. The predicted octanol–water partition coefficient (Wildman–Crippen LogP) is 3.24. The number of anilines is 2. The summed E-state index contributed by atoms with van der Waals surface area (Å²) in [6.45, 7) is 0. The molecule has 5 nitrogen and oxygen atoms in total. The minimum Gasteiger partial charge on any atom is -0.375 e. The number of nitrogens with zero attached hydrogens (tertiary/aromatic N) is 2. The average molecular weight is 311 g/mol. The van der Waals surface area contributed by atoms with Crippen LogP contribution >= 0.6 is 34.3 Å². The summed E-state index contributed by atoms with van der Waals surface area (Å²) in [5.74, 6) is -0.352. The Hall–Kier alpha value is -1.70. The normalized spacial score (nSPS) is 10.8. The van der Waals surface area contributed by atoms with E-state index >= 15 is 0 Å². The van der Waals surface area contributed by atoms with Gasteiger partial charge in [-0.2, -0.15) is 0 Å². The van der Waals surface area contributed by atoms with E-state index in [0.717, 1.165) is 4.70 Å². The van der Waals surface area contributed by atoms with Crippen LogP contribution in [0.1, 0.15) is 10.5 Å². The van der Waals surface area contributed by atoms with Crippen LogP contribution in [0.2, 0.25) is 5.02 Å². The second-order valence-electron chi connectivity index (χ2n) is 3.65. The largest absolute Gasteiger partial charge is 0.375 e. The third-order valence-electron chi connectivity index (χ3n) is 2.44. The van der Waals surface area contributed by atoms with Crippen molar-refractivity contribution >= 4 is 61.2 Å². The van der Waals surface area contributed by atoms with Crippen molar-refractivity contribution in [3.63, 3.8) is 0 Å². The minimum absolute atomic E-state index is 0.269. The quantitative estimate of drug-likeness (QED) is 0.761. The van der Waals surface area contributed by atoms with Crippen LogP contribution in [0.5, 0.6) is 0 Å². The second kappa shape index (κ2) is 4.76. The van der Waals surface area contributed by atoms with E-state index in [0.29, 0.717) is 21.4 Å². The highest BCUT2D eigenvalue weighted by Gasteiger charge is 2.15. The van der Waals surface area contributed by atoms with Gasteiger partial charge in [0.1, 0.15) is 11.2 Å². The van der Waals surface area contributed by atoms with Gasteiger partial charge in [-0.15, -0.1) is 22.7 Å². The molecule has 3 aromatic rings. The van der Waals surface area contributed by atoms with Gasteiger partial charge in [-0.1, -0.05) is 11.6 Å². The summed E-state index contributed by atoms with van der Waals surface area (Å²) in [5.41, 5.74) is 8.65. The molecule has 3 N–H and O–H groups in total. The molecule has 3 rings (SSSR count). The highest BCUT2D eigenvalue weighted by atomic mass is 35.5. The Morgan fingerprint density at radius 2 is 2.21 bits per heavy atom. The van der Waals surface area contributed by atoms with Crippen molar-refractivity contribution in [3.05, 3.63) is 33.7 Å². The first-order valence-corrected chi connectivity index (χ1v) is 7.33. The molecule has 96 valence electrons. The number of benzene rings is 1. The van der Waals surface area contributed by atoms with E-state index in [1.54, 1.807) is 17.0 Å². The smallest absolute Gasteiger partial charge is 0.275 e. The number of fused-ring (bicyclic) bond motifs is 1. The van der Waals surface area contributed by atoms with Crippen molar-refractivity contribution < 1.29 is 4.79 Å². The molecular formula is C11H7ClN4OS2. The van der Waals surface area contributed by atoms with Gasteiger partial charge in [-0.25, -0.2) is 9.97 Å². The molecule has 0 unspecified atom stereocenters. The van der Waals surface area contributed by atoms with E-state index in [-0.39, 0.29) is 11.6 Å². The fourth-order valence-electron chi connectivity index (χ4n) is 1.59. The van der Waals surface area contributed by atoms with Crippen LogP contribution in [-0.2, 0) is 0 Å². The number of nitrogens with two attached hydrogens (primary N) is 1. The van der Waals surface area contributed by atoms with Crippen molar-refractivity contribution in [2.24, 2.45) is 0 Å². The number of thiazole rings is 2. The summed E-state index contributed by atoms with van der Waals surface area (Å²) < 4.78 is 0.956. The summed E-state index contributed by atoms with van der Waals surface area (Å²) in [6, 6.07) is 3.60. The molecule has 0 aliphatic heterocycles. The van der Waals surface area contributed by atoms with Crippen LogP contribution in [0.3, 0.4) is 0 Å². The Balaban J connectivity index is 1.99.